The highest BCUT2D eigenvalue weighted by atomic mass is 16.2. The summed E-state index contributed by atoms with van der Waals surface area (Å²) in [5.74, 6) is -4.35. The minimum Gasteiger partial charge on any atom is -0.346 e. The van der Waals surface area contributed by atoms with Gasteiger partial charge in [0.05, 0.1) is 24.4 Å². The molecule has 0 spiro atoms. The second-order valence-corrected chi connectivity index (χ2v) is 9.11. The van der Waals surface area contributed by atoms with E-state index >= 15 is 0 Å². The van der Waals surface area contributed by atoms with Crippen LogP contribution < -0.4 is 16.0 Å². The van der Waals surface area contributed by atoms with Crippen molar-refractivity contribution in [2.45, 2.75) is 44.7 Å². The summed E-state index contributed by atoms with van der Waals surface area (Å²) in [6.07, 6.45) is 3.85. The number of carbonyl (C=O) groups is 5. The number of aromatic nitrogens is 1. The van der Waals surface area contributed by atoms with Crippen molar-refractivity contribution in [3.8, 4) is 0 Å². The van der Waals surface area contributed by atoms with Gasteiger partial charge in [-0.05, 0) is 36.5 Å². The first kappa shape index (κ1) is 24.3. The fourth-order valence-corrected chi connectivity index (χ4v) is 4.54. The molecule has 2 aliphatic rings. The van der Waals surface area contributed by atoms with Crippen LogP contribution in [0.4, 0.5) is 0 Å². The molecule has 3 N–H and O–H groups in total. The van der Waals surface area contributed by atoms with Crippen LogP contribution in [-0.2, 0) is 19.2 Å². The second-order valence-electron chi connectivity index (χ2n) is 9.11. The van der Waals surface area contributed by atoms with Crippen molar-refractivity contribution in [2.75, 3.05) is 0 Å². The van der Waals surface area contributed by atoms with Crippen molar-refractivity contribution in [3.05, 3.63) is 66.0 Å². The Morgan fingerprint density at radius 3 is 2.29 bits per heavy atom. The molecule has 0 radical (unpaired) electrons. The van der Waals surface area contributed by atoms with Crippen LogP contribution in [0.1, 0.15) is 54.7 Å². The summed E-state index contributed by atoms with van der Waals surface area (Å²) < 4.78 is 0. The molecule has 1 unspecified atom stereocenters. The first-order chi connectivity index (χ1) is 16.8. The lowest BCUT2D eigenvalue weighted by Crippen LogP contribution is -2.52. The quantitative estimate of drug-likeness (QED) is 0.373. The number of carbonyl (C=O) groups excluding carboxylic acids is 5. The molecule has 1 aliphatic heterocycles. The Balaban J connectivity index is 1.50. The van der Waals surface area contributed by atoms with E-state index in [1.165, 1.54) is 6.20 Å². The zero-order valence-electron chi connectivity index (χ0n) is 19.4. The zero-order chi connectivity index (χ0) is 24.9. The van der Waals surface area contributed by atoms with Crippen LogP contribution in [-0.4, -0.2) is 40.4 Å². The van der Waals surface area contributed by atoms with Crippen LogP contribution in [0.5, 0.6) is 0 Å². The minimum atomic E-state index is -1.11. The number of nitrogens with zero attached hydrogens (tertiary/aromatic N) is 1. The molecule has 35 heavy (non-hydrogen) atoms. The lowest BCUT2D eigenvalue weighted by Gasteiger charge is -2.35. The smallest absolute Gasteiger partial charge is 0.270 e. The molecule has 9 heteroatoms. The normalized spacial score (nSPS) is 21.4. The van der Waals surface area contributed by atoms with Gasteiger partial charge in [-0.15, -0.1) is 0 Å². The van der Waals surface area contributed by atoms with Crippen LogP contribution in [0, 0.1) is 17.8 Å². The van der Waals surface area contributed by atoms with Crippen molar-refractivity contribution in [3.63, 3.8) is 0 Å². The summed E-state index contributed by atoms with van der Waals surface area (Å²) in [6, 6.07) is 12.5. The van der Waals surface area contributed by atoms with Crippen molar-refractivity contribution in [1.29, 1.82) is 0 Å². The molecule has 1 aromatic heterocycles. The van der Waals surface area contributed by atoms with Crippen LogP contribution in [0.25, 0.3) is 0 Å². The molecular weight excluding hydrogens is 448 g/mol. The van der Waals surface area contributed by atoms with Gasteiger partial charge in [-0.3, -0.25) is 34.3 Å². The number of imide groups is 1. The molecular formula is C26H28N4O5. The van der Waals surface area contributed by atoms with E-state index in [0.29, 0.717) is 0 Å². The van der Waals surface area contributed by atoms with Gasteiger partial charge < -0.3 is 10.6 Å². The highest BCUT2D eigenvalue weighted by Crippen LogP contribution is 2.33. The maximum atomic E-state index is 13.3. The van der Waals surface area contributed by atoms with E-state index in [2.05, 4.69) is 20.9 Å². The number of pyridine rings is 1. The van der Waals surface area contributed by atoms with E-state index in [9.17, 15) is 24.0 Å². The Kier molecular flexibility index (Phi) is 7.33. The molecule has 2 fully saturated rings. The van der Waals surface area contributed by atoms with Gasteiger partial charge in [0.15, 0.2) is 5.78 Å². The second kappa shape index (κ2) is 10.6. The average molecular weight is 477 g/mol. The Morgan fingerprint density at radius 2 is 1.71 bits per heavy atom. The summed E-state index contributed by atoms with van der Waals surface area (Å²) in [4.78, 5) is 67.4. The number of nitrogens with one attached hydrogen (secondary N) is 3. The highest BCUT2D eigenvalue weighted by molar-refractivity contribution is 6.16. The topological polar surface area (TPSA) is 134 Å². The van der Waals surface area contributed by atoms with Gasteiger partial charge in [-0.1, -0.05) is 49.7 Å². The van der Waals surface area contributed by atoms with Crippen molar-refractivity contribution < 1.29 is 24.0 Å². The minimum absolute atomic E-state index is 0.0829. The Labute approximate surface area is 203 Å². The Hall–Kier alpha value is -3.88. The van der Waals surface area contributed by atoms with Crippen molar-refractivity contribution in [2.24, 2.45) is 17.8 Å². The van der Waals surface area contributed by atoms with E-state index in [0.717, 1.165) is 24.8 Å². The molecule has 0 bridgehead atoms. The predicted molar refractivity (Wildman–Crippen MR) is 126 cm³/mol. The van der Waals surface area contributed by atoms with Gasteiger partial charge in [0.1, 0.15) is 11.6 Å². The molecule has 4 amide bonds. The highest BCUT2D eigenvalue weighted by Gasteiger charge is 2.48. The SMILES string of the molecule is C[C@@H]1C(=O)NC(=O)[C@H]1C(=O)C(NC(=O)C[C@H](NC(=O)c1ccccn1)c1ccccc1)C1CCC1. The standard InChI is InChI=1S/C26H28N4O5/c1-15-21(26(35)30-24(15)33)23(32)22(17-10-7-11-17)29-20(31)14-19(16-8-3-2-4-9-16)28-25(34)18-12-5-6-13-27-18/h2-6,8-9,12-13,15,17,19,21-22H,7,10-11,14H2,1H3,(H,28,34)(H,29,31)(H,30,33,35)/t15-,19-,21+,22?/m0/s1. The van der Waals surface area contributed by atoms with Gasteiger partial charge in [-0.25, -0.2) is 0 Å². The molecule has 4 rings (SSSR count). The van der Waals surface area contributed by atoms with Gasteiger partial charge in [0.25, 0.3) is 5.91 Å². The van der Waals surface area contributed by atoms with Gasteiger partial charge in [0, 0.05) is 6.20 Å². The fourth-order valence-electron chi connectivity index (χ4n) is 4.54. The molecule has 9 nitrogen and oxygen atoms in total. The average Bonchev–Trinajstić information content (AvgIpc) is 3.08. The maximum absolute atomic E-state index is 13.3. The van der Waals surface area contributed by atoms with E-state index < -0.39 is 53.3 Å². The maximum Gasteiger partial charge on any atom is 0.270 e. The Bertz CT molecular complexity index is 1120. The van der Waals surface area contributed by atoms with Crippen molar-refractivity contribution in [1.82, 2.24) is 20.9 Å². The van der Waals surface area contributed by atoms with E-state index in [1.807, 2.05) is 18.2 Å². The molecule has 1 saturated carbocycles. The fraction of sp³-hybridized carbons (Fsp3) is 0.385. The third-order valence-corrected chi connectivity index (χ3v) is 6.79. The number of hydrogen-bond donors (Lipinski definition) is 3. The molecule has 2 aromatic rings. The van der Waals surface area contributed by atoms with Crippen LogP contribution in [0.2, 0.25) is 0 Å². The van der Waals surface area contributed by atoms with Crippen molar-refractivity contribution >= 4 is 29.4 Å². The largest absolute Gasteiger partial charge is 0.346 e. The first-order valence-electron chi connectivity index (χ1n) is 11.8. The molecule has 4 atom stereocenters. The monoisotopic (exact) mass is 476 g/mol. The summed E-state index contributed by atoms with van der Waals surface area (Å²) in [5, 5.41) is 7.88. The lowest BCUT2D eigenvalue weighted by molar-refractivity contribution is -0.138. The van der Waals surface area contributed by atoms with E-state index in [1.54, 1.807) is 37.3 Å². The number of hydrogen-bond acceptors (Lipinski definition) is 6. The molecule has 182 valence electrons. The molecule has 1 aliphatic carbocycles. The van der Waals surface area contributed by atoms with Gasteiger partial charge in [-0.2, -0.15) is 0 Å². The summed E-state index contributed by atoms with van der Waals surface area (Å²) in [6.45, 7) is 1.54. The number of amides is 4. The zero-order valence-corrected chi connectivity index (χ0v) is 19.4. The summed E-state index contributed by atoms with van der Waals surface area (Å²) in [5.41, 5.74) is 0.954. The van der Waals surface area contributed by atoms with Crippen LogP contribution in [0.15, 0.2) is 54.7 Å². The third kappa shape index (κ3) is 5.45. The van der Waals surface area contributed by atoms with E-state index in [4.69, 9.17) is 0 Å². The number of Topliss-reactive ketones (excluding diaryl/α,β-unsaturated/α-hetero) is 1. The van der Waals surface area contributed by atoms with Gasteiger partial charge >= 0.3 is 0 Å². The lowest BCUT2D eigenvalue weighted by atomic mass is 9.74. The molecule has 2 heterocycles. The van der Waals surface area contributed by atoms with E-state index in [-0.39, 0.29) is 18.0 Å². The molecule has 1 aromatic carbocycles. The van der Waals surface area contributed by atoms with Crippen LogP contribution in [0.3, 0.4) is 0 Å². The Morgan fingerprint density at radius 1 is 1.00 bits per heavy atom. The van der Waals surface area contributed by atoms with Crippen LogP contribution >= 0.6 is 0 Å². The summed E-state index contributed by atoms with van der Waals surface area (Å²) >= 11 is 0. The predicted octanol–water partition coefficient (Wildman–Crippen LogP) is 1.71. The molecule has 1 saturated heterocycles. The number of ketones is 1. The number of benzene rings is 1. The summed E-state index contributed by atoms with van der Waals surface area (Å²) in [7, 11) is 0. The number of rotatable bonds is 9. The first-order valence-corrected chi connectivity index (χ1v) is 11.8. The van der Waals surface area contributed by atoms with Gasteiger partial charge in [0.2, 0.25) is 17.7 Å². The third-order valence-electron chi connectivity index (χ3n) is 6.79.